The topological polar surface area (TPSA) is 66.0 Å². The Labute approximate surface area is 106 Å². The van der Waals surface area contributed by atoms with Crippen molar-refractivity contribution in [2.24, 2.45) is 0 Å². The van der Waals surface area contributed by atoms with E-state index in [1.165, 1.54) is 0 Å². The molecule has 2 aromatic heterocycles. The van der Waals surface area contributed by atoms with E-state index in [-0.39, 0.29) is 12.4 Å². The van der Waals surface area contributed by atoms with Crippen LogP contribution in [0.3, 0.4) is 0 Å². The molecular weight excluding hydrogens is 240 g/mol. The smallest absolute Gasteiger partial charge is 0.0881 e. The van der Waals surface area contributed by atoms with Crippen LogP contribution >= 0.6 is 12.4 Å². The molecule has 0 radical (unpaired) electrons. The van der Waals surface area contributed by atoms with Crippen molar-refractivity contribution in [3.63, 3.8) is 0 Å². The fraction of sp³-hybridized carbons (Fsp3) is 0.273. The zero-order valence-corrected chi connectivity index (χ0v) is 10.4. The summed E-state index contributed by atoms with van der Waals surface area (Å²) >= 11 is 0. The Kier molecular flexibility index (Phi) is 4.93. The van der Waals surface area contributed by atoms with E-state index in [2.05, 4.69) is 10.1 Å². The van der Waals surface area contributed by atoms with Gasteiger partial charge in [-0.3, -0.25) is 4.98 Å². The molecule has 0 unspecified atom stereocenters. The molecule has 17 heavy (non-hydrogen) atoms. The fourth-order valence-electron chi connectivity index (χ4n) is 1.44. The maximum Gasteiger partial charge on any atom is 0.0881 e. The van der Waals surface area contributed by atoms with Crippen molar-refractivity contribution in [1.82, 2.24) is 14.8 Å². The second-order valence-electron chi connectivity index (χ2n) is 3.43. The molecule has 2 N–H and O–H groups in total. The lowest BCUT2D eigenvalue weighted by atomic mass is 10.3. The zero-order valence-electron chi connectivity index (χ0n) is 9.54. The largest absolute Gasteiger partial charge is 0.396 e. The Morgan fingerprint density at radius 1 is 1.47 bits per heavy atom. The highest BCUT2D eigenvalue weighted by atomic mass is 35.5. The molecule has 92 valence electrons. The zero-order chi connectivity index (χ0) is 11.4. The van der Waals surface area contributed by atoms with Gasteiger partial charge in [0.05, 0.1) is 36.1 Å². The third kappa shape index (κ3) is 3.18. The van der Waals surface area contributed by atoms with Gasteiger partial charge in [0.2, 0.25) is 0 Å². The van der Waals surface area contributed by atoms with Gasteiger partial charge in [0, 0.05) is 19.7 Å². The minimum absolute atomic E-state index is 0. The molecule has 0 spiro atoms. The Morgan fingerprint density at radius 2 is 2.29 bits per heavy atom. The molecule has 5 nitrogen and oxygen atoms in total. The van der Waals surface area contributed by atoms with E-state index in [1.807, 2.05) is 12.1 Å². The molecule has 0 aromatic carbocycles. The van der Waals surface area contributed by atoms with Crippen molar-refractivity contribution >= 4 is 18.1 Å². The molecule has 2 aromatic rings. The van der Waals surface area contributed by atoms with Crippen LogP contribution in [0.15, 0.2) is 30.7 Å². The number of methoxy groups -OCH3 is 1. The van der Waals surface area contributed by atoms with Crippen LogP contribution in [0.5, 0.6) is 0 Å². The first kappa shape index (κ1) is 13.5. The number of halogens is 1. The summed E-state index contributed by atoms with van der Waals surface area (Å²) in [6.07, 6.45) is 5.98. The van der Waals surface area contributed by atoms with E-state index in [4.69, 9.17) is 10.5 Å². The van der Waals surface area contributed by atoms with Gasteiger partial charge in [-0.2, -0.15) is 5.10 Å². The van der Waals surface area contributed by atoms with Gasteiger partial charge in [0.25, 0.3) is 0 Å². The summed E-state index contributed by atoms with van der Waals surface area (Å²) < 4.78 is 6.73. The Hall–Kier alpha value is -1.59. The highest BCUT2D eigenvalue weighted by Crippen LogP contribution is 2.13. The number of aromatic nitrogens is 3. The second kappa shape index (κ2) is 6.22. The predicted octanol–water partition coefficient (Wildman–Crippen LogP) is 1.46. The van der Waals surface area contributed by atoms with Crippen molar-refractivity contribution in [3.8, 4) is 5.69 Å². The lowest BCUT2D eigenvalue weighted by Crippen LogP contribution is -2.00. The van der Waals surface area contributed by atoms with E-state index in [9.17, 15) is 0 Å². The van der Waals surface area contributed by atoms with Crippen LogP contribution in [0.4, 0.5) is 5.69 Å². The van der Waals surface area contributed by atoms with Crippen LogP contribution in [0.25, 0.3) is 5.69 Å². The van der Waals surface area contributed by atoms with Crippen LogP contribution in [0, 0.1) is 0 Å². The van der Waals surface area contributed by atoms with E-state index in [0.29, 0.717) is 12.3 Å². The fourth-order valence-corrected chi connectivity index (χ4v) is 1.44. The first-order valence-electron chi connectivity index (χ1n) is 5.04. The van der Waals surface area contributed by atoms with Crippen LogP contribution < -0.4 is 5.73 Å². The van der Waals surface area contributed by atoms with Crippen molar-refractivity contribution in [2.75, 3.05) is 19.5 Å². The molecule has 0 aliphatic heterocycles. The van der Waals surface area contributed by atoms with Crippen molar-refractivity contribution in [1.29, 1.82) is 0 Å². The SMILES string of the molecule is COCCc1nn(-c2cccnc2)cc1N.Cl. The molecule has 0 bridgehead atoms. The summed E-state index contributed by atoms with van der Waals surface area (Å²) in [6, 6.07) is 3.79. The first-order chi connectivity index (χ1) is 7.81. The standard InChI is InChI=1S/C11H14N4O.ClH/c1-16-6-4-11-10(12)8-15(14-11)9-3-2-5-13-7-9;/h2-3,5,7-8H,4,6,12H2,1H3;1H. The van der Waals surface area contributed by atoms with Crippen LogP contribution in [-0.2, 0) is 11.2 Å². The maximum absolute atomic E-state index is 5.86. The van der Waals surface area contributed by atoms with Crippen LogP contribution in [0.2, 0.25) is 0 Å². The minimum Gasteiger partial charge on any atom is -0.396 e. The molecule has 0 amide bonds. The van der Waals surface area contributed by atoms with Crippen LogP contribution in [0.1, 0.15) is 5.69 Å². The summed E-state index contributed by atoms with van der Waals surface area (Å²) in [4.78, 5) is 4.04. The molecule has 0 saturated carbocycles. The van der Waals surface area contributed by atoms with E-state index >= 15 is 0 Å². The van der Waals surface area contributed by atoms with Gasteiger partial charge in [-0.1, -0.05) is 0 Å². The number of ether oxygens (including phenoxy) is 1. The predicted molar refractivity (Wildman–Crippen MR) is 68.6 cm³/mol. The van der Waals surface area contributed by atoms with Crippen molar-refractivity contribution < 1.29 is 4.74 Å². The summed E-state index contributed by atoms with van der Waals surface area (Å²) in [7, 11) is 1.66. The summed E-state index contributed by atoms with van der Waals surface area (Å²) in [5.74, 6) is 0. The molecule has 2 heterocycles. The van der Waals surface area contributed by atoms with Gasteiger partial charge in [0.15, 0.2) is 0 Å². The molecule has 0 aliphatic carbocycles. The van der Waals surface area contributed by atoms with Crippen molar-refractivity contribution in [2.45, 2.75) is 6.42 Å². The number of nitrogen functional groups attached to an aromatic ring is 1. The average Bonchev–Trinajstić information content (AvgIpc) is 2.69. The third-order valence-electron chi connectivity index (χ3n) is 2.28. The summed E-state index contributed by atoms with van der Waals surface area (Å²) in [6.45, 7) is 0.619. The number of nitrogens with zero attached hydrogens (tertiary/aromatic N) is 3. The molecule has 0 fully saturated rings. The Bertz CT molecular complexity index is 458. The number of hydrogen-bond donors (Lipinski definition) is 1. The molecular formula is C11H15ClN4O. The number of pyridine rings is 1. The number of hydrogen-bond acceptors (Lipinski definition) is 4. The number of rotatable bonds is 4. The number of nitrogens with two attached hydrogens (primary N) is 1. The van der Waals surface area contributed by atoms with Crippen LogP contribution in [-0.4, -0.2) is 28.5 Å². The summed E-state index contributed by atoms with van der Waals surface area (Å²) in [5.41, 5.74) is 8.29. The second-order valence-corrected chi connectivity index (χ2v) is 3.43. The van der Waals surface area contributed by atoms with Gasteiger partial charge in [-0.05, 0) is 12.1 Å². The Morgan fingerprint density at radius 3 is 2.94 bits per heavy atom. The van der Waals surface area contributed by atoms with E-state index in [0.717, 1.165) is 17.8 Å². The minimum atomic E-state index is 0. The van der Waals surface area contributed by atoms with E-state index in [1.54, 1.807) is 30.4 Å². The Balaban J connectivity index is 0.00000144. The molecule has 6 heteroatoms. The summed E-state index contributed by atoms with van der Waals surface area (Å²) in [5, 5.41) is 4.39. The molecule has 0 atom stereocenters. The highest BCUT2D eigenvalue weighted by Gasteiger charge is 2.06. The van der Waals surface area contributed by atoms with Gasteiger partial charge >= 0.3 is 0 Å². The highest BCUT2D eigenvalue weighted by molar-refractivity contribution is 5.85. The van der Waals surface area contributed by atoms with Gasteiger partial charge in [0.1, 0.15) is 0 Å². The monoisotopic (exact) mass is 254 g/mol. The van der Waals surface area contributed by atoms with E-state index < -0.39 is 0 Å². The van der Waals surface area contributed by atoms with Crippen molar-refractivity contribution in [3.05, 3.63) is 36.4 Å². The normalized spacial score (nSPS) is 9.94. The maximum atomic E-state index is 5.86. The van der Waals surface area contributed by atoms with Gasteiger partial charge in [-0.15, -0.1) is 12.4 Å². The lowest BCUT2D eigenvalue weighted by molar-refractivity contribution is 0.201. The molecule has 0 saturated heterocycles. The first-order valence-corrected chi connectivity index (χ1v) is 5.04. The number of anilines is 1. The third-order valence-corrected chi connectivity index (χ3v) is 2.28. The molecule has 0 aliphatic rings. The molecule has 2 rings (SSSR count). The quantitative estimate of drug-likeness (QED) is 0.897. The lowest BCUT2D eigenvalue weighted by Gasteiger charge is -1.98. The average molecular weight is 255 g/mol. The van der Waals surface area contributed by atoms with Gasteiger partial charge < -0.3 is 10.5 Å². The van der Waals surface area contributed by atoms with Gasteiger partial charge in [-0.25, -0.2) is 4.68 Å².